The van der Waals surface area contributed by atoms with Gasteiger partial charge < -0.3 is 20.9 Å². The molecule has 0 spiro atoms. The van der Waals surface area contributed by atoms with Crippen LogP contribution in [0.4, 0.5) is 0 Å². The summed E-state index contributed by atoms with van der Waals surface area (Å²) in [6.45, 7) is 14.3. The lowest BCUT2D eigenvalue weighted by Gasteiger charge is -2.25. The summed E-state index contributed by atoms with van der Waals surface area (Å²) >= 11 is 0. The minimum atomic E-state index is -0.474. The fourth-order valence-corrected chi connectivity index (χ4v) is 2.38. The number of guanidine groups is 1. The summed E-state index contributed by atoms with van der Waals surface area (Å²) < 4.78 is 0. The number of nitrogens with zero attached hydrogens (tertiary/aromatic N) is 2. The van der Waals surface area contributed by atoms with E-state index in [9.17, 15) is 4.79 Å². The molecule has 6 heteroatoms. The van der Waals surface area contributed by atoms with E-state index in [2.05, 4.69) is 46.6 Å². The van der Waals surface area contributed by atoms with E-state index in [4.69, 9.17) is 0 Å². The number of rotatable bonds is 10. The molecule has 1 atom stereocenters. The van der Waals surface area contributed by atoms with Crippen molar-refractivity contribution >= 4 is 11.9 Å². The summed E-state index contributed by atoms with van der Waals surface area (Å²) in [6.07, 6.45) is 2.26. The number of nitrogens with one attached hydrogen (secondary N) is 3. The lowest BCUT2D eigenvalue weighted by molar-refractivity contribution is -0.128. The predicted molar refractivity (Wildman–Crippen MR) is 98.8 cm³/mol. The van der Waals surface area contributed by atoms with Gasteiger partial charge >= 0.3 is 0 Å². The van der Waals surface area contributed by atoms with E-state index < -0.39 is 5.41 Å². The topological polar surface area (TPSA) is 68.8 Å². The fourth-order valence-electron chi connectivity index (χ4n) is 2.38. The fraction of sp³-hybridized carbons (Fsp3) is 0.882. The monoisotopic (exact) mass is 327 g/mol. The standard InChI is InChI=1S/C17H37N5O/c1-8-22(9-2)12-10-11-14(3)21-16(19-7)20-13-17(4,5)15(23)18-6/h14H,8-13H2,1-7H3,(H,18,23)(H2,19,20,21). The average Bonchev–Trinajstić information content (AvgIpc) is 2.54. The summed E-state index contributed by atoms with van der Waals surface area (Å²) in [5, 5.41) is 9.33. The zero-order valence-corrected chi connectivity index (χ0v) is 16.1. The van der Waals surface area contributed by atoms with Crippen molar-refractivity contribution in [3.8, 4) is 0 Å². The number of amides is 1. The molecule has 0 fully saturated rings. The summed E-state index contributed by atoms with van der Waals surface area (Å²) in [4.78, 5) is 18.5. The van der Waals surface area contributed by atoms with E-state index in [1.807, 2.05) is 13.8 Å². The van der Waals surface area contributed by atoms with E-state index in [0.717, 1.165) is 38.4 Å². The van der Waals surface area contributed by atoms with Crippen molar-refractivity contribution in [3.63, 3.8) is 0 Å². The Morgan fingerprint density at radius 3 is 2.35 bits per heavy atom. The van der Waals surface area contributed by atoms with Gasteiger partial charge in [-0.2, -0.15) is 0 Å². The third-order valence-electron chi connectivity index (χ3n) is 4.15. The van der Waals surface area contributed by atoms with Crippen LogP contribution < -0.4 is 16.0 Å². The highest BCUT2D eigenvalue weighted by Crippen LogP contribution is 2.12. The number of carbonyl (C=O) groups is 1. The zero-order valence-electron chi connectivity index (χ0n) is 16.1. The normalized spacial score (nSPS) is 13.8. The van der Waals surface area contributed by atoms with Crippen molar-refractivity contribution in [1.82, 2.24) is 20.9 Å². The first-order chi connectivity index (χ1) is 10.8. The van der Waals surface area contributed by atoms with Crippen LogP contribution in [0.15, 0.2) is 4.99 Å². The van der Waals surface area contributed by atoms with E-state index in [0.29, 0.717) is 12.6 Å². The molecule has 136 valence electrons. The SMILES string of the molecule is CCN(CC)CCCC(C)NC(=NC)NCC(C)(C)C(=O)NC. The number of carbonyl (C=O) groups excluding carboxylic acids is 1. The van der Waals surface area contributed by atoms with E-state index in [1.54, 1.807) is 14.1 Å². The average molecular weight is 328 g/mol. The van der Waals surface area contributed by atoms with Crippen LogP contribution in [0.5, 0.6) is 0 Å². The molecular formula is C17H37N5O. The molecule has 1 unspecified atom stereocenters. The Morgan fingerprint density at radius 2 is 1.87 bits per heavy atom. The zero-order chi connectivity index (χ0) is 17.9. The molecule has 0 radical (unpaired) electrons. The Balaban J connectivity index is 4.21. The minimum absolute atomic E-state index is 0.0210. The summed E-state index contributed by atoms with van der Waals surface area (Å²) in [5.74, 6) is 0.769. The predicted octanol–water partition coefficient (Wildman–Crippen LogP) is 1.43. The lowest BCUT2D eigenvalue weighted by atomic mass is 9.92. The smallest absolute Gasteiger partial charge is 0.227 e. The van der Waals surface area contributed by atoms with Crippen molar-refractivity contribution < 1.29 is 4.79 Å². The van der Waals surface area contributed by atoms with Crippen LogP contribution in [0.25, 0.3) is 0 Å². The van der Waals surface area contributed by atoms with Crippen LogP contribution in [0.3, 0.4) is 0 Å². The highest BCUT2D eigenvalue weighted by molar-refractivity contribution is 5.84. The molecule has 0 rings (SSSR count). The van der Waals surface area contributed by atoms with Crippen LogP contribution in [0.2, 0.25) is 0 Å². The molecular weight excluding hydrogens is 290 g/mol. The largest absolute Gasteiger partial charge is 0.359 e. The second-order valence-corrected chi connectivity index (χ2v) is 6.60. The van der Waals surface area contributed by atoms with Gasteiger partial charge in [-0.05, 0) is 53.2 Å². The van der Waals surface area contributed by atoms with E-state index in [-0.39, 0.29) is 5.91 Å². The van der Waals surface area contributed by atoms with Gasteiger partial charge in [0.25, 0.3) is 0 Å². The van der Waals surface area contributed by atoms with Crippen molar-refractivity contribution in [2.24, 2.45) is 10.4 Å². The van der Waals surface area contributed by atoms with Gasteiger partial charge in [0.15, 0.2) is 5.96 Å². The Hall–Kier alpha value is -1.30. The van der Waals surface area contributed by atoms with Gasteiger partial charge in [0, 0.05) is 26.7 Å². The van der Waals surface area contributed by atoms with Crippen LogP contribution in [0.1, 0.15) is 47.5 Å². The van der Waals surface area contributed by atoms with Gasteiger partial charge in [0.05, 0.1) is 5.41 Å². The molecule has 1 amide bonds. The molecule has 0 aromatic heterocycles. The first kappa shape index (κ1) is 21.7. The van der Waals surface area contributed by atoms with Gasteiger partial charge in [0.2, 0.25) is 5.91 Å². The molecule has 0 bridgehead atoms. The van der Waals surface area contributed by atoms with Crippen LogP contribution >= 0.6 is 0 Å². The van der Waals surface area contributed by atoms with Crippen molar-refractivity contribution in [1.29, 1.82) is 0 Å². The molecule has 0 aliphatic carbocycles. The van der Waals surface area contributed by atoms with Crippen molar-refractivity contribution in [2.75, 3.05) is 40.3 Å². The molecule has 0 aromatic rings. The Morgan fingerprint density at radius 1 is 1.26 bits per heavy atom. The maximum atomic E-state index is 11.8. The second kappa shape index (κ2) is 11.3. The number of hydrogen-bond donors (Lipinski definition) is 3. The lowest BCUT2D eigenvalue weighted by Crippen LogP contribution is -2.49. The Labute approximate surface area is 142 Å². The van der Waals surface area contributed by atoms with Gasteiger partial charge in [-0.3, -0.25) is 9.79 Å². The third-order valence-corrected chi connectivity index (χ3v) is 4.15. The Kier molecular flexibility index (Phi) is 10.6. The van der Waals surface area contributed by atoms with Crippen LogP contribution in [-0.2, 0) is 4.79 Å². The quantitative estimate of drug-likeness (QED) is 0.419. The summed E-state index contributed by atoms with van der Waals surface area (Å²) in [5.41, 5.74) is -0.474. The first-order valence-corrected chi connectivity index (χ1v) is 8.72. The molecule has 0 heterocycles. The van der Waals surface area contributed by atoms with Crippen molar-refractivity contribution in [2.45, 2.75) is 53.5 Å². The van der Waals surface area contributed by atoms with E-state index >= 15 is 0 Å². The molecule has 6 nitrogen and oxygen atoms in total. The minimum Gasteiger partial charge on any atom is -0.359 e. The molecule has 23 heavy (non-hydrogen) atoms. The number of hydrogen-bond acceptors (Lipinski definition) is 3. The van der Waals surface area contributed by atoms with Gasteiger partial charge in [-0.1, -0.05) is 13.8 Å². The van der Waals surface area contributed by atoms with E-state index in [1.165, 1.54) is 0 Å². The van der Waals surface area contributed by atoms with Crippen LogP contribution in [-0.4, -0.2) is 63.1 Å². The molecule has 3 N–H and O–H groups in total. The summed E-state index contributed by atoms with van der Waals surface area (Å²) in [6, 6.07) is 0.347. The van der Waals surface area contributed by atoms with Crippen molar-refractivity contribution in [3.05, 3.63) is 0 Å². The molecule has 0 saturated carbocycles. The highest BCUT2D eigenvalue weighted by Gasteiger charge is 2.26. The van der Waals surface area contributed by atoms with Gasteiger partial charge in [0.1, 0.15) is 0 Å². The number of aliphatic imine (C=N–C) groups is 1. The molecule has 0 aliphatic rings. The molecule has 0 aromatic carbocycles. The maximum Gasteiger partial charge on any atom is 0.227 e. The maximum absolute atomic E-state index is 11.8. The first-order valence-electron chi connectivity index (χ1n) is 8.72. The van der Waals surface area contributed by atoms with Crippen LogP contribution in [0, 0.1) is 5.41 Å². The summed E-state index contributed by atoms with van der Waals surface area (Å²) in [7, 11) is 3.42. The second-order valence-electron chi connectivity index (χ2n) is 6.60. The van der Waals surface area contributed by atoms with Gasteiger partial charge in [-0.25, -0.2) is 0 Å². The molecule has 0 aliphatic heterocycles. The Bertz CT molecular complexity index is 364. The highest BCUT2D eigenvalue weighted by atomic mass is 16.2. The third kappa shape index (κ3) is 8.79. The molecule has 0 saturated heterocycles. The van der Waals surface area contributed by atoms with Gasteiger partial charge in [-0.15, -0.1) is 0 Å².